The predicted octanol–water partition coefficient (Wildman–Crippen LogP) is 5.03. The summed E-state index contributed by atoms with van der Waals surface area (Å²) in [6.45, 7) is 5.11. The normalized spacial score (nSPS) is 16.1. The lowest BCUT2D eigenvalue weighted by Gasteiger charge is -2.16. The average molecular weight is 496 g/mol. The van der Waals surface area contributed by atoms with Crippen LogP contribution in [0.2, 0.25) is 5.02 Å². The van der Waals surface area contributed by atoms with Crippen LogP contribution in [0.5, 0.6) is 0 Å². The van der Waals surface area contributed by atoms with Gasteiger partial charge in [0.1, 0.15) is 10.6 Å². The molecule has 0 spiro atoms. The van der Waals surface area contributed by atoms with Crippen LogP contribution < -0.4 is 10.9 Å². The molecular formula is C22H23ClFN3O3S2. The smallest absolute Gasteiger partial charge is 0.263 e. The van der Waals surface area contributed by atoms with Crippen LogP contribution in [0.15, 0.2) is 28.2 Å². The summed E-state index contributed by atoms with van der Waals surface area (Å²) < 4.78 is 21.4. The Morgan fingerprint density at radius 2 is 2.28 bits per heavy atom. The lowest BCUT2D eigenvalue weighted by atomic mass is 10.1. The molecule has 0 radical (unpaired) electrons. The molecule has 10 heteroatoms. The number of rotatable bonds is 7. The van der Waals surface area contributed by atoms with Gasteiger partial charge in [-0.15, -0.1) is 11.3 Å². The van der Waals surface area contributed by atoms with Crippen LogP contribution in [0.1, 0.15) is 30.2 Å². The number of hydrogen-bond acceptors (Lipinski definition) is 6. The molecule has 1 amide bonds. The fraction of sp³-hybridized carbons (Fsp3) is 0.409. The number of anilines is 1. The summed E-state index contributed by atoms with van der Waals surface area (Å²) >= 11 is 8.41. The third-order valence-electron chi connectivity index (χ3n) is 5.38. The fourth-order valence-electron chi connectivity index (χ4n) is 3.83. The van der Waals surface area contributed by atoms with E-state index in [0.717, 1.165) is 47.5 Å². The van der Waals surface area contributed by atoms with Crippen LogP contribution in [0.3, 0.4) is 0 Å². The maximum Gasteiger partial charge on any atom is 0.263 e. The van der Waals surface area contributed by atoms with E-state index in [1.165, 1.54) is 23.5 Å². The van der Waals surface area contributed by atoms with E-state index in [4.69, 9.17) is 21.3 Å². The first-order chi connectivity index (χ1) is 15.4. The van der Waals surface area contributed by atoms with E-state index in [9.17, 15) is 14.0 Å². The topological polar surface area (TPSA) is 73.2 Å². The summed E-state index contributed by atoms with van der Waals surface area (Å²) in [5.41, 5.74) is 0.982. The number of thioether (sulfide) groups is 1. The minimum Gasteiger partial charge on any atom is -0.376 e. The van der Waals surface area contributed by atoms with Gasteiger partial charge in [0.05, 0.1) is 29.5 Å². The summed E-state index contributed by atoms with van der Waals surface area (Å²) in [6, 6.07) is 4.06. The summed E-state index contributed by atoms with van der Waals surface area (Å²) in [6.07, 6.45) is 2.55. The summed E-state index contributed by atoms with van der Waals surface area (Å²) in [4.78, 5) is 32.4. The Bertz CT molecular complexity index is 1220. The minimum absolute atomic E-state index is 0.0173. The van der Waals surface area contributed by atoms with Crippen molar-refractivity contribution in [2.24, 2.45) is 0 Å². The number of aryl methyl sites for hydroxylation is 2. The number of halogens is 2. The van der Waals surface area contributed by atoms with Gasteiger partial charge in [-0.2, -0.15) is 0 Å². The summed E-state index contributed by atoms with van der Waals surface area (Å²) in [7, 11) is 0. The standard InChI is InChI=1S/C22H23ClFN3O3S2/c1-3-15-12(2)32-20-19(15)21(29)27(10-14-5-4-8-30-14)22(26-20)31-11-18(28)25-17-7-6-13(23)9-16(17)24/h6-7,9,14H,3-5,8,10-11H2,1-2H3,(H,25,28). The lowest BCUT2D eigenvalue weighted by molar-refractivity contribution is -0.113. The van der Waals surface area contributed by atoms with Crippen molar-refractivity contribution in [1.29, 1.82) is 0 Å². The van der Waals surface area contributed by atoms with Gasteiger partial charge in [-0.25, -0.2) is 9.37 Å². The first-order valence-corrected chi connectivity index (χ1v) is 12.6. The minimum atomic E-state index is -0.605. The molecule has 4 rings (SSSR count). The van der Waals surface area contributed by atoms with Gasteiger partial charge in [-0.3, -0.25) is 14.2 Å². The Labute approximate surface area is 198 Å². The van der Waals surface area contributed by atoms with E-state index in [1.807, 2.05) is 13.8 Å². The summed E-state index contributed by atoms with van der Waals surface area (Å²) in [5.74, 6) is -1.02. The number of amides is 1. The van der Waals surface area contributed by atoms with Gasteiger partial charge in [0, 0.05) is 16.5 Å². The molecule has 0 saturated carbocycles. The van der Waals surface area contributed by atoms with Gasteiger partial charge in [0.25, 0.3) is 5.56 Å². The molecule has 1 atom stereocenters. The van der Waals surface area contributed by atoms with Crippen molar-refractivity contribution in [3.63, 3.8) is 0 Å². The third-order valence-corrected chi connectivity index (χ3v) is 7.63. The van der Waals surface area contributed by atoms with Gasteiger partial charge in [-0.05, 0) is 49.9 Å². The number of carbonyl (C=O) groups is 1. The SMILES string of the molecule is CCc1c(C)sc2nc(SCC(=O)Nc3ccc(Cl)cc3F)n(CC3CCCO3)c(=O)c12. The highest BCUT2D eigenvalue weighted by molar-refractivity contribution is 7.99. The molecular weight excluding hydrogens is 473 g/mol. The number of thiophene rings is 1. The van der Waals surface area contributed by atoms with Crippen LogP contribution in [0, 0.1) is 12.7 Å². The van der Waals surface area contributed by atoms with E-state index in [1.54, 1.807) is 4.57 Å². The zero-order valence-electron chi connectivity index (χ0n) is 17.7. The molecule has 32 heavy (non-hydrogen) atoms. The highest BCUT2D eigenvalue weighted by Gasteiger charge is 2.23. The highest BCUT2D eigenvalue weighted by Crippen LogP contribution is 2.30. The largest absolute Gasteiger partial charge is 0.376 e. The Morgan fingerprint density at radius 3 is 2.97 bits per heavy atom. The molecule has 0 bridgehead atoms. The van der Waals surface area contributed by atoms with Crippen molar-refractivity contribution in [1.82, 2.24) is 9.55 Å². The Hall–Kier alpha value is -1.94. The molecule has 1 aliphatic rings. The van der Waals surface area contributed by atoms with Gasteiger partial charge in [0.15, 0.2) is 5.16 Å². The Morgan fingerprint density at radius 1 is 1.47 bits per heavy atom. The van der Waals surface area contributed by atoms with Crippen molar-refractivity contribution in [3.05, 3.63) is 49.8 Å². The maximum absolute atomic E-state index is 14.0. The van der Waals surface area contributed by atoms with Crippen molar-refractivity contribution in [3.8, 4) is 0 Å². The lowest BCUT2D eigenvalue weighted by Crippen LogP contribution is -2.29. The van der Waals surface area contributed by atoms with Crippen LogP contribution in [-0.4, -0.2) is 33.9 Å². The van der Waals surface area contributed by atoms with E-state index >= 15 is 0 Å². The first kappa shape index (κ1) is 23.2. The molecule has 3 aromatic rings. The van der Waals surface area contributed by atoms with Crippen molar-refractivity contribution < 1.29 is 13.9 Å². The Balaban J connectivity index is 1.61. The maximum atomic E-state index is 14.0. The molecule has 1 unspecified atom stereocenters. The number of nitrogens with zero attached hydrogens (tertiary/aromatic N) is 2. The number of ether oxygens (including phenoxy) is 1. The number of benzene rings is 1. The molecule has 2 aromatic heterocycles. The van der Waals surface area contributed by atoms with Gasteiger partial charge in [-0.1, -0.05) is 30.3 Å². The zero-order valence-corrected chi connectivity index (χ0v) is 20.1. The second-order valence-corrected chi connectivity index (χ2v) is 10.2. The third kappa shape index (κ3) is 4.85. The van der Waals surface area contributed by atoms with Gasteiger partial charge >= 0.3 is 0 Å². The van der Waals surface area contributed by atoms with Crippen molar-refractivity contribution in [2.45, 2.75) is 50.9 Å². The predicted molar refractivity (Wildman–Crippen MR) is 128 cm³/mol. The zero-order chi connectivity index (χ0) is 22.8. The second kappa shape index (κ2) is 9.91. The average Bonchev–Trinajstić information content (AvgIpc) is 3.37. The van der Waals surface area contributed by atoms with Crippen LogP contribution >= 0.6 is 34.7 Å². The first-order valence-electron chi connectivity index (χ1n) is 10.4. The molecule has 170 valence electrons. The number of fused-ring (bicyclic) bond motifs is 1. The van der Waals surface area contributed by atoms with E-state index in [-0.39, 0.29) is 28.1 Å². The fourth-order valence-corrected chi connectivity index (χ4v) is 5.95. The molecule has 3 heterocycles. The molecule has 1 fully saturated rings. The van der Waals surface area contributed by atoms with Crippen molar-refractivity contribution in [2.75, 3.05) is 17.7 Å². The molecule has 1 N–H and O–H groups in total. The van der Waals surface area contributed by atoms with Crippen LogP contribution in [0.25, 0.3) is 10.2 Å². The molecule has 1 aliphatic heterocycles. The molecule has 1 saturated heterocycles. The summed E-state index contributed by atoms with van der Waals surface area (Å²) in [5, 5.41) is 3.92. The van der Waals surface area contributed by atoms with Crippen molar-refractivity contribution >= 4 is 56.5 Å². The monoisotopic (exact) mass is 495 g/mol. The highest BCUT2D eigenvalue weighted by atomic mass is 35.5. The number of carbonyl (C=O) groups excluding carboxylic acids is 1. The van der Waals surface area contributed by atoms with Crippen LogP contribution in [0.4, 0.5) is 10.1 Å². The van der Waals surface area contributed by atoms with Gasteiger partial charge < -0.3 is 10.1 Å². The quantitative estimate of drug-likeness (QED) is 0.367. The van der Waals surface area contributed by atoms with Gasteiger partial charge in [0.2, 0.25) is 5.91 Å². The van der Waals surface area contributed by atoms with E-state index in [0.29, 0.717) is 28.5 Å². The Kier molecular flexibility index (Phi) is 7.19. The number of nitrogens with one attached hydrogen (secondary N) is 1. The van der Waals surface area contributed by atoms with Crippen LogP contribution in [-0.2, 0) is 22.5 Å². The second-order valence-electron chi connectivity index (χ2n) is 7.58. The number of aromatic nitrogens is 2. The molecule has 1 aromatic carbocycles. The molecule has 6 nitrogen and oxygen atoms in total. The molecule has 0 aliphatic carbocycles. The van der Waals surface area contributed by atoms with E-state index in [2.05, 4.69) is 5.32 Å². The number of hydrogen-bond donors (Lipinski definition) is 1. The van der Waals surface area contributed by atoms with E-state index < -0.39 is 11.7 Å².